The highest BCUT2D eigenvalue weighted by Gasteiger charge is 2.07. The quantitative estimate of drug-likeness (QED) is 0.764. The Bertz CT molecular complexity index is 450. The molecule has 0 bridgehead atoms. The number of nitrogens with zero attached hydrogens (tertiary/aromatic N) is 3. The molecular weight excluding hydrogens is 182 g/mol. The Balaban J connectivity index is 2.39. The van der Waals surface area contributed by atoms with E-state index in [1.54, 1.807) is 22.9 Å². The molecule has 2 rings (SSSR count). The standard InChI is InChI=1S/C9H7N3O2/c13-9(14)7-5-12(6-11-7)8-3-1-2-4-10-8/h1-6H,(H,13,14). The van der Waals surface area contributed by atoms with E-state index >= 15 is 0 Å². The van der Waals surface area contributed by atoms with Crippen molar-refractivity contribution in [1.29, 1.82) is 0 Å². The Morgan fingerprint density at radius 1 is 1.36 bits per heavy atom. The number of pyridine rings is 1. The van der Waals surface area contributed by atoms with Crippen LogP contribution in [0.5, 0.6) is 0 Å². The Morgan fingerprint density at radius 3 is 2.79 bits per heavy atom. The van der Waals surface area contributed by atoms with Gasteiger partial charge in [0, 0.05) is 12.4 Å². The van der Waals surface area contributed by atoms with E-state index in [1.165, 1.54) is 12.5 Å². The third-order valence-corrected chi connectivity index (χ3v) is 1.72. The van der Waals surface area contributed by atoms with Crippen molar-refractivity contribution in [3.8, 4) is 5.82 Å². The summed E-state index contributed by atoms with van der Waals surface area (Å²) in [5, 5.41) is 8.65. The zero-order valence-electron chi connectivity index (χ0n) is 7.16. The molecule has 2 heterocycles. The average Bonchev–Trinajstić information content (AvgIpc) is 2.68. The first-order valence-corrected chi connectivity index (χ1v) is 3.96. The second-order valence-electron chi connectivity index (χ2n) is 2.66. The van der Waals surface area contributed by atoms with Crippen molar-refractivity contribution in [2.45, 2.75) is 0 Å². The molecule has 70 valence electrons. The maximum atomic E-state index is 10.5. The molecular formula is C9H7N3O2. The second kappa shape index (κ2) is 3.29. The lowest BCUT2D eigenvalue weighted by Gasteiger charge is -1.97. The third-order valence-electron chi connectivity index (χ3n) is 1.72. The van der Waals surface area contributed by atoms with Crippen molar-refractivity contribution < 1.29 is 9.90 Å². The number of imidazole rings is 1. The van der Waals surface area contributed by atoms with Crippen LogP contribution in [0.25, 0.3) is 5.82 Å². The molecule has 2 aromatic heterocycles. The smallest absolute Gasteiger partial charge is 0.356 e. The number of hydrogen-bond acceptors (Lipinski definition) is 3. The summed E-state index contributed by atoms with van der Waals surface area (Å²) in [6.07, 6.45) is 4.48. The molecule has 0 unspecified atom stereocenters. The van der Waals surface area contributed by atoms with Crippen LogP contribution in [0.2, 0.25) is 0 Å². The van der Waals surface area contributed by atoms with Crippen molar-refractivity contribution in [1.82, 2.24) is 14.5 Å². The monoisotopic (exact) mass is 189 g/mol. The van der Waals surface area contributed by atoms with E-state index in [1.807, 2.05) is 6.07 Å². The minimum atomic E-state index is -1.04. The Morgan fingerprint density at radius 2 is 2.21 bits per heavy atom. The first-order chi connectivity index (χ1) is 6.77. The number of rotatable bonds is 2. The number of aromatic carboxylic acids is 1. The van der Waals surface area contributed by atoms with Gasteiger partial charge in [-0.2, -0.15) is 0 Å². The lowest BCUT2D eigenvalue weighted by atomic mass is 10.4. The SMILES string of the molecule is O=C(O)c1cn(-c2ccccn2)cn1. The van der Waals surface area contributed by atoms with Crippen LogP contribution in [0.15, 0.2) is 36.9 Å². The van der Waals surface area contributed by atoms with Crippen LogP contribution in [-0.4, -0.2) is 25.6 Å². The molecule has 0 spiro atoms. The van der Waals surface area contributed by atoms with Crippen LogP contribution in [0.3, 0.4) is 0 Å². The van der Waals surface area contributed by atoms with E-state index in [0.717, 1.165) is 0 Å². The van der Waals surface area contributed by atoms with Gasteiger partial charge in [-0.15, -0.1) is 0 Å². The van der Waals surface area contributed by atoms with Gasteiger partial charge in [0.1, 0.15) is 12.1 Å². The average molecular weight is 189 g/mol. The van der Waals surface area contributed by atoms with Crippen molar-refractivity contribution in [2.75, 3.05) is 0 Å². The molecule has 2 aromatic rings. The largest absolute Gasteiger partial charge is 0.476 e. The molecule has 0 saturated carbocycles. The molecule has 0 saturated heterocycles. The van der Waals surface area contributed by atoms with Crippen LogP contribution in [0, 0.1) is 0 Å². The van der Waals surface area contributed by atoms with Crippen molar-refractivity contribution in [3.63, 3.8) is 0 Å². The van der Waals surface area contributed by atoms with Gasteiger partial charge in [-0.05, 0) is 12.1 Å². The molecule has 0 aliphatic heterocycles. The minimum Gasteiger partial charge on any atom is -0.476 e. The predicted molar refractivity (Wildman–Crippen MR) is 48.3 cm³/mol. The second-order valence-corrected chi connectivity index (χ2v) is 2.66. The fourth-order valence-corrected chi connectivity index (χ4v) is 1.07. The lowest BCUT2D eigenvalue weighted by Crippen LogP contribution is -1.96. The summed E-state index contributed by atoms with van der Waals surface area (Å²) in [5.41, 5.74) is 0.00986. The first-order valence-electron chi connectivity index (χ1n) is 3.96. The van der Waals surface area contributed by atoms with Gasteiger partial charge in [-0.1, -0.05) is 6.07 Å². The molecule has 0 aromatic carbocycles. The van der Waals surface area contributed by atoms with Crippen molar-refractivity contribution in [3.05, 3.63) is 42.6 Å². The van der Waals surface area contributed by atoms with E-state index in [4.69, 9.17) is 5.11 Å². The van der Waals surface area contributed by atoms with Crippen LogP contribution in [0.4, 0.5) is 0 Å². The van der Waals surface area contributed by atoms with Crippen LogP contribution in [-0.2, 0) is 0 Å². The zero-order chi connectivity index (χ0) is 9.97. The van der Waals surface area contributed by atoms with Crippen molar-refractivity contribution in [2.24, 2.45) is 0 Å². The van der Waals surface area contributed by atoms with Gasteiger partial charge in [-0.25, -0.2) is 14.8 Å². The number of carboxylic acid groups (broad SMARTS) is 1. The van der Waals surface area contributed by atoms with Crippen LogP contribution in [0.1, 0.15) is 10.5 Å². The van der Waals surface area contributed by atoms with E-state index < -0.39 is 5.97 Å². The van der Waals surface area contributed by atoms with Gasteiger partial charge in [0.25, 0.3) is 0 Å². The fraction of sp³-hybridized carbons (Fsp3) is 0. The third kappa shape index (κ3) is 1.47. The zero-order valence-corrected chi connectivity index (χ0v) is 7.16. The maximum Gasteiger partial charge on any atom is 0.356 e. The van der Waals surface area contributed by atoms with Crippen molar-refractivity contribution >= 4 is 5.97 Å². The number of carboxylic acids is 1. The van der Waals surface area contributed by atoms with Gasteiger partial charge in [0.15, 0.2) is 5.69 Å². The highest BCUT2D eigenvalue weighted by Crippen LogP contribution is 2.04. The van der Waals surface area contributed by atoms with E-state index in [-0.39, 0.29) is 5.69 Å². The normalized spacial score (nSPS) is 10.0. The molecule has 0 fully saturated rings. The van der Waals surface area contributed by atoms with Gasteiger partial charge < -0.3 is 5.11 Å². The van der Waals surface area contributed by atoms with E-state index in [2.05, 4.69) is 9.97 Å². The Hall–Kier alpha value is -2.17. The fourth-order valence-electron chi connectivity index (χ4n) is 1.07. The minimum absolute atomic E-state index is 0.00986. The Labute approximate surface area is 79.7 Å². The van der Waals surface area contributed by atoms with Gasteiger partial charge >= 0.3 is 5.97 Å². The van der Waals surface area contributed by atoms with Crippen LogP contribution < -0.4 is 0 Å². The topological polar surface area (TPSA) is 68.0 Å². The van der Waals surface area contributed by atoms with Gasteiger partial charge in [0.2, 0.25) is 0 Å². The predicted octanol–water partition coefficient (Wildman–Crippen LogP) is 0.965. The van der Waals surface area contributed by atoms with E-state index in [0.29, 0.717) is 5.82 Å². The summed E-state index contributed by atoms with van der Waals surface area (Å²) in [5.74, 6) is -0.396. The highest BCUT2D eigenvalue weighted by molar-refractivity contribution is 5.85. The molecule has 0 amide bonds. The summed E-state index contributed by atoms with van der Waals surface area (Å²) < 4.78 is 1.56. The molecule has 0 radical (unpaired) electrons. The molecule has 0 atom stereocenters. The maximum absolute atomic E-state index is 10.5. The summed E-state index contributed by atoms with van der Waals surface area (Å²) in [6.45, 7) is 0. The van der Waals surface area contributed by atoms with E-state index in [9.17, 15) is 4.79 Å². The molecule has 0 aliphatic rings. The molecule has 0 aliphatic carbocycles. The van der Waals surface area contributed by atoms with Gasteiger partial charge in [-0.3, -0.25) is 4.57 Å². The number of carbonyl (C=O) groups is 1. The highest BCUT2D eigenvalue weighted by atomic mass is 16.4. The number of hydrogen-bond donors (Lipinski definition) is 1. The molecule has 5 heteroatoms. The lowest BCUT2D eigenvalue weighted by molar-refractivity contribution is 0.0691. The summed E-state index contributed by atoms with van der Waals surface area (Å²) >= 11 is 0. The summed E-state index contributed by atoms with van der Waals surface area (Å²) in [4.78, 5) is 18.3. The summed E-state index contributed by atoms with van der Waals surface area (Å²) in [7, 11) is 0. The van der Waals surface area contributed by atoms with Gasteiger partial charge in [0.05, 0.1) is 0 Å². The Kier molecular flexibility index (Phi) is 1.98. The molecule has 1 N–H and O–H groups in total. The molecule has 14 heavy (non-hydrogen) atoms. The van der Waals surface area contributed by atoms with Crippen LogP contribution >= 0.6 is 0 Å². The summed E-state index contributed by atoms with van der Waals surface area (Å²) in [6, 6.07) is 5.38. The first kappa shape index (κ1) is 8.43. The molecule has 5 nitrogen and oxygen atoms in total. The number of aromatic nitrogens is 3.